The van der Waals surface area contributed by atoms with E-state index in [4.69, 9.17) is 10.2 Å². The Labute approximate surface area is 102 Å². The van der Waals surface area contributed by atoms with Gasteiger partial charge in [0.05, 0.1) is 11.6 Å². The van der Waals surface area contributed by atoms with Crippen LogP contribution in [0.4, 0.5) is 5.69 Å². The van der Waals surface area contributed by atoms with Gasteiger partial charge in [-0.15, -0.1) is 0 Å². The zero-order chi connectivity index (χ0) is 12.7. The van der Waals surface area contributed by atoms with Crippen LogP contribution in [0.1, 0.15) is 6.42 Å². The van der Waals surface area contributed by atoms with Gasteiger partial charge in [0.1, 0.15) is 5.52 Å². The molecular formula is C12H11N3O3. The lowest BCUT2D eigenvalue weighted by Gasteiger charge is -2.16. The van der Waals surface area contributed by atoms with Crippen LogP contribution in [0.15, 0.2) is 29.0 Å². The Hall–Kier alpha value is -2.37. The van der Waals surface area contributed by atoms with Crippen LogP contribution in [-0.2, 0) is 9.59 Å². The third kappa shape index (κ3) is 1.54. The Morgan fingerprint density at radius 1 is 1.50 bits per heavy atom. The van der Waals surface area contributed by atoms with Gasteiger partial charge in [0, 0.05) is 13.0 Å². The molecule has 6 nitrogen and oxygen atoms in total. The van der Waals surface area contributed by atoms with Crippen molar-refractivity contribution in [2.24, 2.45) is 11.7 Å². The molecule has 0 bridgehead atoms. The molecular weight excluding hydrogens is 234 g/mol. The Morgan fingerprint density at radius 2 is 2.33 bits per heavy atom. The Kier molecular flexibility index (Phi) is 2.29. The van der Waals surface area contributed by atoms with Gasteiger partial charge in [-0.1, -0.05) is 6.07 Å². The van der Waals surface area contributed by atoms with Crippen molar-refractivity contribution >= 4 is 28.6 Å². The van der Waals surface area contributed by atoms with Gasteiger partial charge in [0.2, 0.25) is 11.8 Å². The number of nitrogens with zero attached hydrogens (tertiary/aromatic N) is 2. The number of amides is 2. The van der Waals surface area contributed by atoms with Gasteiger partial charge >= 0.3 is 0 Å². The molecule has 1 unspecified atom stereocenters. The van der Waals surface area contributed by atoms with Gasteiger partial charge in [0.25, 0.3) is 0 Å². The highest BCUT2D eigenvalue weighted by molar-refractivity contribution is 6.04. The number of para-hydroxylation sites is 1. The van der Waals surface area contributed by atoms with Gasteiger partial charge in [-0.2, -0.15) is 0 Å². The Balaban J connectivity index is 2.03. The third-order valence-electron chi connectivity index (χ3n) is 3.16. The fraction of sp³-hybridized carbons (Fsp3) is 0.250. The van der Waals surface area contributed by atoms with Crippen LogP contribution in [0, 0.1) is 5.92 Å². The van der Waals surface area contributed by atoms with Gasteiger partial charge in [0.15, 0.2) is 12.0 Å². The van der Waals surface area contributed by atoms with Gasteiger partial charge in [-0.05, 0) is 12.1 Å². The highest BCUT2D eigenvalue weighted by Crippen LogP contribution is 2.30. The largest absolute Gasteiger partial charge is 0.443 e. The molecule has 0 radical (unpaired) electrons. The summed E-state index contributed by atoms with van der Waals surface area (Å²) in [6, 6.07) is 5.35. The topological polar surface area (TPSA) is 89.4 Å². The van der Waals surface area contributed by atoms with Gasteiger partial charge in [-0.25, -0.2) is 4.98 Å². The molecule has 1 aromatic heterocycles. The van der Waals surface area contributed by atoms with Crippen molar-refractivity contribution in [2.45, 2.75) is 6.42 Å². The lowest BCUT2D eigenvalue weighted by molar-refractivity contribution is -0.123. The van der Waals surface area contributed by atoms with Crippen LogP contribution in [0.25, 0.3) is 11.1 Å². The van der Waals surface area contributed by atoms with Crippen molar-refractivity contribution in [3.05, 3.63) is 24.6 Å². The van der Waals surface area contributed by atoms with Crippen LogP contribution >= 0.6 is 0 Å². The van der Waals surface area contributed by atoms with Crippen molar-refractivity contribution in [2.75, 3.05) is 11.4 Å². The molecule has 2 heterocycles. The van der Waals surface area contributed by atoms with E-state index in [9.17, 15) is 9.59 Å². The van der Waals surface area contributed by atoms with Crippen molar-refractivity contribution in [3.8, 4) is 0 Å². The van der Waals surface area contributed by atoms with E-state index >= 15 is 0 Å². The van der Waals surface area contributed by atoms with Crippen LogP contribution in [-0.4, -0.2) is 23.3 Å². The summed E-state index contributed by atoms with van der Waals surface area (Å²) >= 11 is 0. The predicted molar refractivity (Wildman–Crippen MR) is 63.7 cm³/mol. The summed E-state index contributed by atoms with van der Waals surface area (Å²) in [6.45, 7) is 0.306. The number of nitrogens with two attached hydrogens (primary N) is 1. The number of oxazole rings is 1. The number of carbonyl (C=O) groups excluding carboxylic acids is 2. The summed E-state index contributed by atoms with van der Waals surface area (Å²) in [5.41, 5.74) is 7.14. The molecule has 2 amide bonds. The van der Waals surface area contributed by atoms with E-state index in [1.54, 1.807) is 23.1 Å². The number of rotatable bonds is 2. The predicted octanol–water partition coefficient (Wildman–Crippen LogP) is 0.666. The van der Waals surface area contributed by atoms with Crippen LogP contribution in [0.3, 0.4) is 0 Å². The van der Waals surface area contributed by atoms with Crippen LogP contribution < -0.4 is 10.6 Å². The minimum Gasteiger partial charge on any atom is -0.443 e. The summed E-state index contributed by atoms with van der Waals surface area (Å²) in [7, 11) is 0. The molecule has 1 aliphatic heterocycles. The van der Waals surface area contributed by atoms with E-state index in [1.807, 2.05) is 0 Å². The monoisotopic (exact) mass is 245 g/mol. The van der Waals surface area contributed by atoms with E-state index in [1.165, 1.54) is 6.39 Å². The molecule has 18 heavy (non-hydrogen) atoms. The highest BCUT2D eigenvalue weighted by atomic mass is 16.3. The smallest absolute Gasteiger partial charge is 0.227 e. The third-order valence-corrected chi connectivity index (χ3v) is 3.16. The summed E-state index contributed by atoms with van der Waals surface area (Å²) in [5, 5.41) is 0. The van der Waals surface area contributed by atoms with Gasteiger partial charge < -0.3 is 15.1 Å². The van der Waals surface area contributed by atoms with E-state index in [-0.39, 0.29) is 12.3 Å². The van der Waals surface area contributed by atoms with Crippen molar-refractivity contribution in [1.82, 2.24) is 4.98 Å². The maximum atomic E-state index is 11.9. The fourth-order valence-corrected chi connectivity index (χ4v) is 2.22. The number of hydrogen-bond acceptors (Lipinski definition) is 4. The van der Waals surface area contributed by atoms with Crippen molar-refractivity contribution < 1.29 is 14.0 Å². The first-order chi connectivity index (χ1) is 8.66. The molecule has 1 aromatic carbocycles. The second kappa shape index (κ2) is 3.83. The number of fused-ring (bicyclic) bond motifs is 1. The molecule has 3 rings (SSSR count). The number of hydrogen-bond donors (Lipinski definition) is 1. The van der Waals surface area contributed by atoms with Crippen molar-refractivity contribution in [1.29, 1.82) is 0 Å². The first-order valence-electron chi connectivity index (χ1n) is 5.58. The molecule has 0 saturated carbocycles. The zero-order valence-electron chi connectivity index (χ0n) is 9.50. The molecule has 1 fully saturated rings. The average Bonchev–Trinajstić information content (AvgIpc) is 2.94. The maximum Gasteiger partial charge on any atom is 0.227 e. The fourth-order valence-electron chi connectivity index (χ4n) is 2.22. The van der Waals surface area contributed by atoms with E-state index in [2.05, 4.69) is 4.98 Å². The minimum absolute atomic E-state index is 0.116. The summed E-state index contributed by atoms with van der Waals surface area (Å²) in [4.78, 5) is 28.7. The first kappa shape index (κ1) is 10.8. The second-order valence-corrected chi connectivity index (χ2v) is 4.28. The lowest BCUT2D eigenvalue weighted by Crippen LogP contribution is -2.28. The standard InChI is InChI=1S/C12H11N3O3/c13-12(17)7-4-10(16)15(5-7)8-2-1-3-9-11(8)14-6-18-9/h1-3,6-7H,4-5H2,(H2,13,17). The SMILES string of the molecule is NC(=O)C1CC(=O)N(c2cccc3ocnc23)C1. The molecule has 6 heteroatoms. The number of aromatic nitrogens is 1. The summed E-state index contributed by atoms with van der Waals surface area (Å²) in [5.74, 6) is -0.993. The molecule has 0 spiro atoms. The first-order valence-corrected chi connectivity index (χ1v) is 5.58. The quantitative estimate of drug-likeness (QED) is 0.841. The van der Waals surface area contributed by atoms with Crippen LogP contribution in [0.2, 0.25) is 0 Å². The summed E-state index contributed by atoms with van der Waals surface area (Å²) < 4.78 is 5.19. The second-order valence-electron chi connectivity index (χ2n) is 4.28. The molecule has 1 aliphatic rings. The van der Waals surface area contributed by atoms with E-state index < -0.39 is 11.8 Å². The van der Waals surface area contributed by atoms with E-state index in [0.29, 0.717) is 23.3 Å². The Morgan fingerprint density at radius 3 is 3.06 bits per heavy atom. The van der Waals surface area contributed by atoms with Gasteiger partial charge in [-0.3, -0.25) is 9.59 Å². The maximum absolute atomic E-state index is 11.9. The molecule has 1 saturated heterocycles. The highest BCUT2D eigenvalue weighted by Gasteiger charge is 2.34. The number of primary amides is 1. The molecule has 2 N–H and O–H groups in total. The molecule has 92 valence electrons. The number of benzene rings is 1. The molecule has 1 atom stereocenters. The normalized spacial score (nSPS) is 19.7. The van der Waals surface area contributed by atoms with Crippen LogP contribution in [0.5, 0.6) is 0 Å². The van der Waals surface area contributed by atoms with E-state index in [0.717, 1.165) is 0 Å². The summed E-state index contributed by atoms with van der Waals surface area (Å²) in [6.07, 6.45) is 1.49. The number of anilines is 1. The number of carbonyl (C=O) groups is 2. The molecule has 0 aliphatic carbocycles. The Bertz CT molecular complexity index is 634. The van der Waals surface area contributed by atoms with Crippen molar-refractivity contribution in [3.63, 3.8) is 0 Å². The molecule has 2 aromatic rings. The zero-order valence-corrected chi connectivity index (χ0v) is 9.50. The minimum atomic E-state index is -0.446. The average molecular weight is 245 g/mol. The lowest BCUT2D eigenvalue weighted by atomic mass is 10.1.